The Balaban J connectivity index is 1.88. The number of nitrogens with two attached hydrogens (primary N) is 1. The third kappa shape index (κ3) is 3.07. The number of hydrogen-bond acceptors (Lipinski definition) is 2. The van der Waals surface area contributed by atoms with E-state index in [0.29, 0.717) is 12.6 Å². The third-order valence-corrected chi connectivity index (χ3v) is 3.55. The Morgan fingerprint density at radius 1 is 1.47 bits per heavy atom. The van der Waals surface area contributed by atoms with E-state index >= 15 is 0 Å². The van der Waals surface area contributed by atoms with Crippen LogP contribution in [0.2, 0.25) is 0 Å². The van der Waals surface area contributed by atoms with Gasteiger partial charge in [0.2, 0.25) is 5.91 Å². The smallest absolute Gasteiger partial charge is 0.221 e. The first-order chi connectivity index (χ1) is 8.16. The number of primary amides is 1. The summed E-state index contributed by atoms with van der Waals surface area (Å²) < 4.78 is 0. The van der Waals surface area contributed by atoms with Gasteiger partial charge >= 0.3 is 0 Å². The van der Waals surface area contributed by atoms with E-state index in [4.69, 9.17) is 5.73 Å². The van der Waals surface area contributed by atoms with Gasteiger partial charge in [-0.25, -0.2) is 0 Å². The first-order valence-corrected chi connectivity index (χ1v) is 6.26. The van der Waals surface area contributed by atoms with Crippen molar-refractivity contribution < 1.29 is 4.79 Å². The van der Waals surface area contributed by atoms with E-state index in [-0.39, 0.29) is 11.8 Å². The minimum atomic E-state index is -0.228. The lowest BCUT2D eigenvalue weighted by atomic mass is 9.88. The standard InChI is InChI=1S/C14H20N2O/c1-10(14(15)17)9-16-13-7-6-11-4-2-3-5-12(11)8-13/h2-5,10,13,16H,6-9H2,1H3,(H2,15,17). The van der Waals surface area contributed by atoms with Gasteiger partial charge in [0.25, 0.3) is 0 Å². The summed E-state index contributed by atoms with van der Waals surface area (Å²) in [5.41, 5.74) is 8.15. The van der Waals surface area contributed by atoms with Crippen molar-refractivity contribution >= 4 is 5.91 Å². The topological polar surface area (TPSA) is 55.1 Å². The molecule has 3 heteroatoms. The van der Waals surface area contributed by atoms with E-state index < -0.39 is 0 Å². The van der Waals surface area contributed by atoms with Crippen LogP contribution in [0.5, 0.6) is 0 Å². The van der Waals surface area contributed by atoms with Gasteiger partial charge < -0.3 is 11.1 Å². The Kier molecular flexibility index (Phi) is 3.79. The fourth-order valence-corrected chi connectivity index (χ4v) is 2.32. The van der Waals surface area contributed by atoms with Crippen LogP contribution in [0.15, 0.2) is 24.3 Å². The van der Waals surface area contributed by atoms with E-state index in [9.17, 15) is 4.79 Å². The van der Waals surface area contributed by atoms with Crippen LogP contribution in [0.25, 0.3) is 0 Å². The second kappa shape index (κ2) is 5.32. The molecule has 3 N–H and O–H groups in total. The number of hydrogen-bond donors (Lipinski definition) is 2. The van der Waals surface area contributed by atoms with Crippen molar-refractivity contribution in [3.8, 4) is 0 Å². The number of carbonyl (C=O) groups is 1. The van der Waals surface area contributed by atoms with Crippen LogP contribution >= 0.6 is 0 Å². The molecule has 1 amide bonds. The maximum Gasteiger partial charge on any atom is 0.221 e. The highest BCUT2D eigenvalue weighted by molar-refractivity contribution is 5.76. The van der Waals surface area contributed by atoms with Gasteiger partial charge in [0.1, 0.15) is 0 Å². The molecule has 17 heavy (non-hydrogen) atoms. The Morgan fingerprint density at radius 3 is 2.88 bits per heavy atom. The predicted molar refractivity (Wildman–Crippen MR) is 68.6 cm³/mol. The van der Waals surface area contributed by atoms with Crippen molar-refractivity contribution in [2.45, 2.75) is 32.2 Å². The normalized spacial score (nSPS) is 20.6. The average molecular weight is 232 g/mol. The zero-order valence-electron chi connectivity index (χ0n) is 10.3. The molecule has 3 nitrogen and oxygen atoms in total. The van der Waals surface area contributed by atoms with Gasteiger partial charge in [-0.2, -0.15) is 0 Å². The van der Waals surface area contributed by atoms with Crippen molar-refractivity contribution in [1.82, 2.24) is 5.32 Å². The number of amides is 1. The highest BCUT2D eigenvalue weighted by atomic mass is 16.1. The fraction of sp³-hybridized carbons (Fsp3) is 0.500. The predicted octanol–water partition coefficient (Wildman–Crippen LogP) is 1.25. The molecular formula is C14H20N2O. The second-order valence-corrected chi connectivity index (χ2v) is 4.92. The fourth-order valence-electron chi connectivity index (χ4n) is 2.32. The van der Waals surface area contributed by atoms with Crippen LogP contribution in [0.3, 0.4) is 0 Å². The van der Waals surface area contributed by atoms with Crippen molar-refractivity contribution in [3.63, 3.8) is 0 Å². The highest BCUT2D eigenvalue weighted by Crippen LogP contribution is 2.20. The summed E-state index contributed by atoms with van der Waals surface area (Å²) in [6.07, 6.45) is 3.32. The lowest BCUT2D eigenvalue weighted by Gasteiger charge is -2.26. The molecule has 2 rings (SSSR count). The molecule has 0 fully saturated rings. The van der Waals surface area contributed by atoms with Gasteiger partial charge in [-0.05, 0) is 30.4 Å². The molecule has 0 heterocycles. The molecule has 0 saturated carbocycles. The molecule has 92 valence electrons. The Hall–Kier alpha value is -1.35. The molecule has 1 aromatic rings. The summed E-state index contributed by atoms with van der Waals surface area (Å²) in [5.74, 6) is -0.319. The summed E-state index contributed by atoms with van der Waals surface area (Å²) in [5, 5.41) is 3.44. The first-order valence-electron chi connectivity index (χ1n) is 6.26. The largest absolute Gasteiger partial charge is 0.369 e. The van der Waals surface area contributed by atoms with Gasteiger partial charge in [-0.15, -0.1) is 0 Å². The summed E-state index contributed by atoms with van der Waals surface area (Å²) in [6.45, 7) is 2.55. The van der Waals surface area contributed by atoms with Crippen LogP contribution in [0.1, 0.15) is 24.5 Å². The molecule has 0 aromatic heterocycles. The summed E-state index contributed by atoms with van der Waals surface area (Å²) in [6, 6.07) is 9.07. The van der Waals surface area contributed by atoms with Gasteiger partial charge in [0, 0.05) is 18.5 Å². The van der Waals surface area contributed by atoms with Crippen molar-refractivity contribution in [2.24, 2.45) is 11.7 Å². The number of nitrogens with one attached hydrogen (secondary N) is 1. The number of carbonyl (C=O) groups excluding carboxylic acids is 1. The number of benzene rings is 1. The van der Waals surface area contributed by atoms with Crippen LogP contribution in [-0.2, 0) is 17.6 Å². The van der Waals surface area contributed by atoms with Gasteiger partial charge in [0.15, 0.2) is 0 Å². The molecule has 0 bridgehead atoms. The Bertz CT molecular complexity index is 403. The van der Waals surface area contributed by atoms with Gasteiger partial charge in [-0.1, -0.05) is 31.2 Å². The lowest BCUT2D eigenvalue weighted by Crippen LogP contribution is -2.40. The molecule has 1 aliphatic rings. The Morgan fingerprint density at radius 2 is 2.18 bits per heavy atom. The van der Waals surface area contributed by atoms with E-state index in [1.165, 1.54) is 11.1 Å². The summed E-state index contributed by atoms with van der Waals surface area (Å²) in [7, 11) is 0. The average Bonchev–Trinajstić information content (AvgIpc) is 2.35. The first kappa shape index (κ1) is 12.1. The van der Waals surface area contributed by atoms with E-state index in [1.807, 2.05) is 6.92 Å². The number of aryl methyl sites for hydroxylation is 1. The molecule has 2 unspecified atom stereocenters. The van der Waals surface area contributed by atoms with Crippen LogP contribution in [-0.4, -0.2) is 18.5 Å². The summed E-state index contributed by atoms with van der Waals surface area (Å²) in [4.78, 5) is 11.0. The van der Waals surface area contributed by atoms with E-state index in [0.717, 1.165) is 19.3 Å². The third-order valence-electron chi connectivity index (χ3n) is 3.55. The summed E-state index contributed by atoms with van der Waals surface area (Å²) >= 11 is 0. The molecule has 0 aliphatic heterocycles. The molecule has 1 aromatic carbocycles. The highest BCUT2D eigenvalue weighted by Gasteiger charge is 2.19. The van der Waals surface area contributed by atoms with Gasteiger partial charge in [-0.3, -0.25) is 4.79 Å². The molecule has 0 saturated heterocycles. The zero-order valence-corrected chi connectivity index (χ0v) is 10.3. The second-order valence-electron chi connectivity index (χ2n) is 4.92. The lowest BCUT2D eigenvalue weighted by molar-refractivity contribution is -0.121. The Labute approximate surface area is 102 Å². The number of fused-ring (bicyclic) bond motifs is 1. The zero-order chi connectivity index (χ0) is 12.3. The molecule has 2 atom stereocenters. The van der Waals surface area contributed by atoms with Crippen LogP contribution in [0.4, 0.5) is 0 Å². The molecule has 1 aliphatic carbocycles. The van der Waals surface area contributed by atoms with Crippen molar-refractivity contribution in [3.05, 3.63) is 35.4 Å². The van der Waals surface area contributed by atoms with Crippen molar-refractivity contribution in [1.29, 1.82) is 0 Å². The molecule has 0 spiro atoms. The van der Waals surface area contributed by atoms with Gasteiger partial charge in [0.05, 0.1) is 0 Å². The van der Waals surface area contributed by atoms with Crippen LogP contribution in [0, 0.1) is 5.92 Å². The SMILES string of the molecule is CC(CNC1CCc2ccccc2C1)C(N)=O. The maximum atomic E-state index is 11.0. The minimum Gasteiger partial charge on any atom is -0.369 e. The molecule has 0 radical (unpaired) electrons. The quantitative estimate of drug-likeness (QED) is 0.821. The van der Waals surface area contributed by atoms with Crippen molar-refractivity contribution in [2.75, 3.05) is 6.54 Å². The monoisotopic (exact) mass is 232 g/mol. The molecular weight excluding hydrogens is 212 g/mol. The maximum absolute atomic E-state index is 11.0. The van der Waals surface area contributed by atoms with Crippen LogP contribution < -0.4 is 11.1 Å². The van der Waals surface area contributed by atoms with E-state index in [1.54, 1.807) is 0 Å². The minimum absolute atomic E-state index is 0.0906. The van der Waals surface area contributed by atoms with E-state index in [2.05, 4.69) is 29.6 Å². The number of rotatable bonds is 4.